The van der Waals surface area contributed by atoms with Crippen molar-refractivity contribution in [2.24, 2.45) is 11.7 Å². The number of nitriles is 1. The highest BCUT2D eigenvalue weighted by Crippen LogP contribution is 2.30. The standard InChI is InChI=1S/C29H39N5O/c1-22-11-13-29(31,14-12-22)28(35)32-27(20-30)19-23-3-7-25(8-4-23)26-9-5-24(6-10-26)21-34-17-15-33(2)16-18-34/h3-10,22,27H,11-19,21,31H2,1-2H3,(H,32,35)/t22?,27-,29?/m1/s1. The van der Waals surface area contributed by atoms with Crippen molar-refractivity contribution in [2.45, 2.75) is 57.2 Å². The van der Waals surface area contributed by atoms with E-state index < -0.39 is 11.6 Å². The second-order valence-electron chi connectivity index (χ2n) is 10.7. The minimum absolute atomic E-state index is 0.191. The summed E-state index contributed by atoms with van der Waals surface area (Å²) in [5, 5.41) is 12.5. The van der Waals surface area contributed by atoms with E-state index in [1.54, 1.807) is 0 Å². The lowest BCUT2D eigenvalue weighted by molar-refractivity contribution is -0.128. The van der Waals surface area contributed by atoms with Crippen LogP contribution in [0.3, 0.4) is 0 Å². The number of benzene rings is 2. The molecule has 2 aliphatic rings. The van der Waals surface area contributed by atoms with E-state index in [1.807, 2.05) is 12.1 Å². The number of nitrogens with zero attached hydrogens (tertiary/aromatic N) is 3. The lowest BCUT2D eigenvalue weighted by atomic mass is 9.77. The van der Waals surface area contributed by atoms with Gasteiger partial charge in [-0.1, -0.05) is 55.5 Å². The van der Waals surface area contributed by atoms with E-state index in [-0.39, 0.29) is 5.91 Å². The number of nitrogens with one attached hydrogen (secondary N) is 1. The Morgan fingerprint density at radius 1 is 1.03 bits per heavy atom. The third kappa shape index (κ3) is 6.70. The molecule has 1 saturated heterocycles. The summed E-state index contributed by atoms with van der Waals surface area (Å²) in [6, 6.07) is 18.7. The first-order valence-corrected chi connectivity index (χ1v) is 12.9. The van der Waals surface area contributed by atoms with Crippen LogP contribution in [0.2, 0.25) is 0 Å². The Morgan fingerprint density at radius 3 is 2.11 bits per heavy atom. The summed E-state index contributed by atoms with van der Waals surface area (Å²) < 4.78 is 0. The summed E-state index contributed by atoms with van der Waals surface area (Å²) in [6.45, 7) is 7.70. The lowest BCUT2D eigenvalue weighted by Crippen LogP contribution is -2.57. The third-order valence-electron chi connectivity index (χ3n) is 7.76. The molecule has 186 valence electrons. The molecule has 0 bridgehead atoms. The minimum atomic E-state index is -0.845. The molecule has 1 amide bonds. The SMILES string of the molecule is CC1CCC(N)(C(=O)N[C@@H](C#N)Cc2ccc(-c3ccc(CN4CCN(C)CC4)cc3)cc2)CC1. The summed E-state index contributed by atoms with van der Waals surface area (Å²) in [5.74, 6) is 0.419. The molecule has 2 fully saturated rings. The van der Waals surface area contributed by atoms with E-state index >= 15 is 0 Å². The summed E-state index contributed by atoms with van der Waals surface area (Å²) in [4.78, 5) is 17.7. The Morgan fingerprint density at radius 2 is 1.57 bits per heavy atom. The molecule has 2 aromatic rings. The number of hydrogen-bond donors (Lipinski definition) is 2. The molecular weight excluding hydrogens is 434 g/mol. The Balaban J connectivity index is 1.31. The van der Waals surface area contributed by atoms with E-state index in [0.29, 0.717) is 25.2 Å². The summed E-state index contributed by atoms with van der Waals surface area (Å²) >= 11 is 0. The van der Waals surface area contributed by atoms with Crippen LogP contribution < -0.4 is 11.1 Å². The molecule has 1 aliphatic heterocycles. The molecule has 6 heteroatoms. The Kier molecular flexibility index (Phi) is 8.22. The van der Waals surface area contributed by atoms with Crippen LogP contribution in [-0.2, 0) is 17.8 Å². The van der Waals surface area contributed by atoms with Crippen LogP contribution in [0.5, 0.6) is 0 Å². The van der Waals surface area contributed by atoms with Gasteiger partial charge in [0.25, 0.3) is 0 Å². The summed E-state index contributed by atoms with van der Waals surface area (Å²) in [5.41, 5.74) is 10.2. The van der Waals surface area contributed by atoms with Gasteiger partial charge in [-0.15, -0.1) is 0 Å². The quantitative estimate of drug-likeness (QED) is 0.642. The van der Waals surface area contributed by atoms with E-state index in [4.69, 9.17) is 5.73 Å². The third-order valence-corrected chi connectivity index (χ3v) is 7.76. The second kappa shape index (κ2) is 11.3. The van der Waals surface area contributed by atoms with Crippen molar-refractivity contribution in [1.82, 2.24) is 15.1 Å². The maximum absolute atomic E-state index is 12.8. The van der Waals surface area contributed by atoms with Crippen molar-refractivity contribution in [2.75, 3.05) is 33.2 Å². The topological polar surface area (TPSA) is 85.4 Å². The summed E-state index contributed by atoms with van der Waals surface area (Å²) in [7, 11) is 2.18. The van der Waals surface area contributed by atoms with Gasteiger partial charge in [0.15, 0.2) is 0 Å². The zero-order chi connectivity index (χ0) is 24.8. The van der Waals surface area contributed by atoms with Crippen LogP contribution in [0.1, 0.15) is 43.7 Å². The van der Waals surface area contributed by atoms with Gasteiger partial charge in [-0.25, -0.2) is 0 Å². The van der Waals surface area contributed by atoms with Gasteiger partial charge in [-0.2, -0.15) is 5.26 Å². The number of amides is 1. The Hall–Kier alpha value is -2.72. The smallest absolute Gasteiger partial charge is 0.241 e. The van der Waals surface area contributed by atoms with Crippen LogP contribution in [0.15, 0.2) is 48.5 Å². The van der Waals surface area contributed by atoms with Crippen LogP contribution >= 0.6 is 0 Å². The molecule has 1 aliphatic carbocycles. The fourth-order valence-electron chi connectivity index (χ4n) is 5.07. The van der Waals surface area contributed by atoms with E-state index in [2.05, 4.69) is 71.6 Å². The maximum atomic E-state index is 12.8. The normalized spacial score (nSPS) is 24.5. The number of carbonyl (C=O) groups is 1. The molecule has 6 nitrogen and oxygen atoms in total. The van der Waals surface area contributed by atoms with Gasteiger partial charge >= 0.3 is 0 Å². The fourth-order valence-corrected chi connectivity index (χ4v) is 5.07. The fraction of sp³-hybridized carbons (Fsp3) is 0.517. The summed E-state index contributed by atoms with van der Waals surface area (Å²) in [6.07, 6.45) is 3.75. The highest BCUT2D eigenvalue weighted by atomic mass is 16.2. The number of rotatable bonds is 7. The first kappa shape index (κ1) is 25.4. The Bertz CT molecular complexity index is 1010. The molecule has 1 atom stereocenters. The van der Waals surface area contributed by atoms with Gasteiger partial charge in [0, 0.05) is 39.1 Å². The van der Waals surface area contributed by atoms with Gasteiger partial charge < -0.3 is 16.0 Å². The van der Waals surface area contributed by atoms with Crippen LogP contribution in [0.25, 0.3) is 11.1 Å². The van der Waals surface area contributed by atoms with Crippen LogP contribution in [0.4, 0.5) is 0 Å². The number of carbonyl (C=O) groups excluding carboxylic acids is 1. The Labute approximate surface area is 210 Å². The molecule has 3 N–H and O–H groups in total. The van der Waals surface area contributed by atoms with Crippen molar-refractivity contribution >= 4 is 5.91 Å². The van der Waals surface area contributed by atoms with Gasteiger partial charge in [0.2, 0.25) is 5.91 Å². The van der Waals surface area contributed by atoms with Crippen molar-refractivity contribution in [3.05, 3.63) is 59.7 Å². The van der Waals surface area contributed by atoms with E-state index in [9.17, 15) is 10.1 Å². The average Bonchev–Trinajstić information content (AvgIpc) is 2.88. The van der Waals surface area contributed by atoms with E-state index in [1.165, 1.54) is 11.1 Å². The lowest BCUT2D eigenvalue weighted by Gasteiger charge is -2.35. The molecule has 0 aromatic heterocycles. The van der Waals surface area contributed by atoms with Crippen molar-refractivity contribution in [1.29, 1.82) is 5.26 Å². The van der Waals surface area contributed by atoms with Crippen molar-refractivity contribution < 1.29 is 4.79 Å². The average molecular weight is 474 g/mol. The van der Waals surface area contributed by atoms with Crippen LogP contribution in [0, 0.1) is 17.2 Å². The molecule has 2 aromatic carbocycles. The zero-order valence-corrected chi connectivity index (χ0v) is 21.2. The molecule has 0 spiro atoms. The predicted octanol–water partition coefficient (Wildman–Crippen LogP) is 3.56. The zero-order valence-electron chi connectivity index (χ0n) is 21.2. The number of nitrogens with two attached hydrogens (primary N) is 1. The molecule has 1 saturated carbocycles. The van der Waals surface area contributed by atoms with Crippen molar-refractivity contribution in [3.8, 4) is 17.2 Å². The van der Waals surface area contributed by atoms with Crippen molar-refractivity contribution in [3.63, 3.8) is 0 Å². The molecule has 35 heavy (non-hydrogen) atoms. The molecule has 4 rings (SSSR count). The van der Waals surface area contributed by atoms with Gasteiger partial charge in [0.1, 0.15) is 6.04 Å². The first-order valence-electron chi connectivity index (χ1n) is 12.9. The van der Waals surface area contributed by atoms with E-state index in [0.717, 1.165) is 56.7 Å². The maximum Gasteiger partial charge on any atom is 0.241 e. The van der Waals surface area contributed by atoms with Gasteiger partial charge in [-0.05, 0) is 60.9 Å². The number of likely N-dealkylation sites (N-methyl/N-ethyl adjacent to an activating group) is 1. The second-order valence-corrected chi connectivity index (χ2v) is 10.7. The van der Waals surface area contributed by atoms with Crippen LogP contribution in [-0.4, -0.2) is 60.5 Å². The number of hydrogen-bond acceptors (Lipinski definition) is 5. The molecule has 0 radical (unpaired) electrons. The monoisotopic (exact) mass is 473 g/mol. The first-order chi connectivity index (χ1) is 16.8. The predicted molar refractivity (Wildman–Crippen MR) is 140 cm³/mol. The molecular formula is C29H39N5O. The molecule has 1 heterocycles. The highest BCUT2D eigenvalue weighted by Gasteiger charge is 2.38. The largest absolute Gasteiger partial charge is 0.338 e. The van der Waals surface area contributed by atoms with Gasteiger partial charge in [0.05, 0.1) is 11.6 Å². The number of piperazine rings is 1. The highest BCUT2D eigenvalue weighted by molar-refractivity contribution is 5.86. The van der Waals surface area contributed by atoms with Gasteiger partial charge in [-0.3, -0.25) is 9.69 Å². The minimum Gasteiger partial charge on any atom is -0.338 e. The molecule has 0 unspecified atom stereocenters.